The number of hydrogen-bond donors (Lipinski definition) is 1. The van der Waals surface area contributed by atoms with Crippen LogP contribution < -0.4 is 10.9 Å². The molecule has 3 aliphatic rings. The van der Waals surface area contributed by atoms with E-state index in [0.717, 1.165) is 25.7 Å². The molecular formula is C21H28FN5O3S. The first-order chi connectivity index (χ1) is 14.7. The number of nitrogens with one attached hydrogen (secondary N) is 1. The Bertz CT molecular complexity index is 1190. The predicted molar refractivity (Wildman–Crippen MR) is 116 cm³/mol. The number of piperidine rings is 1. The Morgan fingerprint density at radius 1 is 1.19 bits per heavy atom. The van der Waals surface area contributed by atoms with Gasteiger partial charge in [0.15, 0.2) is 5.82 Å². The second-order valence-corrected chi connectivity index (χ2v) is 11.4. The minimum Gasteiger partial charge on any atom is -0.351 e. The summed E-state index contributed by atoms with van der Waals surface area (Å²) in [6.07, 6.45) is 8.11. The molecule has 2 aliphatic carbocycles. The Hall–Kier alpha value is -2.07. The van der Waals surface area contributed by atoms with E-state index in [1.807, 2.05) is 0 Å². The van der Waals surface area contributed by atoms with Crippen LogP contribution in [0.3, 0.4) is 0 Å². The normalized spacial score (nSPS) is 26.5. The molecule has 0 amide bonds. The van der Waals surface area contributed by atoms with Crippen LogP contribution in [0, 0.1) is 17.2 Å². The molecule has 31 heavy (non-hydrogen) atoms. The van der Waals surface area contributed by atoms with Gasteiger partial charge in [-0.3, -0.25) is 9.36 Å². The van der Waals surface area contributed by atoms with Gasteiger partial charge in [0.05, 0.1) is 6.26 Å². The summed E-state index contributed by atoms with van der Waals surface area (Å²) in [5, 5.41) is 3.81. The van der Waals surface area contributed by atoms with Gasteiger partial charge in [0, 0.05) is 36.8 Å². The zero-order valence-electron chi connectivity index (χ0n) is 17.8. The first-order valence-electron chi connectivity index (χ1n) is 11.0. The minimum atomic E-state index is -3.18. The van der Waals surface area contributed by atoms with Crippen LogP contribution in [-0.2, 0) is 10.0 Å². The fourth-order valence-electron chi connectivity index (χ4n) is 5.63. The van der Waals surface area contributed by atoms with Gasteiger partial charge in [-0.15, -0.1) is 0 Å². The molecule has 1 saturated heterocycles. The van der Waals surface area contributed by atoms with Crippen molar-refractivity contribution in [1.29, 1.82) is 0 Å². The zero-order valence-corrected chi connectivity index (χ0v) is 18.7. The summed E-state index contributed by atoms with van der Waals surface area (Å²) in [4.78, 5) is 21.9. The van der Waals surface area contributed by atoms with Gasteiger partial charge < -0.3 is 5.32 Å². The average Bonchev–Trinajstić information content (AvgIpc) is 3.46. The van der Waals surface area contributed by atoms with E-state index in [0.29, 0.717) is 48.8 Å². The van der Waals surface area contributed by atoms with Gasteiger partial charge in [-0.1, -0.05) is 6.92 Å². The Morgan fingerprint density at radius 3 is 2.55 bits per heavy atom. The number of hydrogen-bond acceptors (Lipinski definition) is 6. The number of sulfonamides is 1. The van der Waals surface area contributed by atoms with Crippen LogP contribution in [0.15, 0.2) is 17.1 Å². The lowest BCUT2D eigenvalue weighted by Crippen LogP contribution is -2.42. The molecule has 2 aromatic rings. The third kappa shape index (κ3) is 3.53. The largest absolute Gasteiger partial charge is 0.351 e. The third-order valence-corrected chi connectivity index (χ3v) is 8.95. The number of pyridine rings is 1. The molecule has 1 spiro atoms. The number of aromatic nitrogens is 3. The summed E-state index contributed by atoms with van der Waals surface area (Å²) in [7, 11) is -3.18. The number of halogens is 1. The Labute approximate surface area is 180 Å². The van der Waals surface area contributed by atoms with Crippen LogP contribution in [0.25, 0.3) is 11.0 Å². The van der Waals surface area contributed by atoms with Gasteiger partial charge in [0.25, 0.3) is 5.56 Å². The highest BCUT2D eigenvalue weighted by Crippen LogP contribution is 2.66. The van der Waals surface area contributed by atoms with Crippen LogP contribution in [0.1, 0.15) is 51.5 Å². The molecule has 1 N–H and O–H groups in total. The zero-order chi connectivity index (χ0) is 22.0. The summed E-state index contributed by atoms with van der Waals surface area (Å²) in [6.45, 7) is 3.12. The maximum atomic E-state index is 14.5. The number of fused-ring (bicyclic) bond motifs is 1. The lowest BCUT2D eigenvalue weighted by atomic mass is 9.91. The molecule has 2 atom stereocenters. The third-order valence-electron chi connectivity index (χ3n) is 7.64. The maximum Gasteiger partial charge on any atom is 0.288 e. The fourth-order valence-corrected chi connectivity index (χ4v) is 6.50. The van der Waals surface area contributed by atoms with E-state index in [9.17, 15) is 17.6 Å². The number of rotatable bonds is 4. The van der Waals surface area contributed by atoms with Gasteiger partial charge in [-0.2, -0.15) is 4.98 Å². The molecule has 2 saturated carbocycles. The lowest BCUT2D eigenvalue weighted by molar-refractivity contribution is 0.294. The standard InChI is InChI=1S/C21H28FN5O3S/c1-13-3-4-17(21(13)7-8-21)27-18-14(11-16(22)19(27)28)12-23-20(25-18)24-15-5-9-26(10-6-15)31(2,29)30/h11-13,15,17H,3-10H2,1-2H3,(H,23,24,25)/t13?,17-/m1/s1. The van der Waals surface area contributed by atoms with E-state index < -0.39 is 21.4 Å². The summed E-state index contributed by atoms with van der Waals surface area (Å²) < 4.78 is 41.0. The molecule has 3 fully saturated rings. The summed E-state index contributed by atoms with van der Waals surface area (Å²) in [5.74, 6) is 0.142. The molecule has 1 unspecified atom stereocenters. The monoisotopic (exact) mass is 449 g/mol. The predicted octanol–water partition coefficient (Wildman–Crippen LogP) is 2.52. The van der Waals surface area contributed by atoms with Crippen molar-refractivity contribution >= 4 is 27.0 Å². The second-order valence-electron chi connectivity index (χ2n) is 9.45. The number of anilines is 1. The van der Waals surface area contributed by atoms with Crippen molar-refractivity contribution in [2.45, 2.75) is 57.5 Å². The van der Waals surface area contributed by atoms with E-state index in [2.05, 4.69) is 22.2 Å². The van der Waals surface area contributed by atoms with Crippen LogP contribution in [0.4, 0.5) is 10.3 Å². The first-order valence-corrected chi connectivity index (χ1v) is 12.8. The topological polar surface area (TPSA) is 97.2 Å². The Balaban J connectivity index is 1.46. The first kappa shape index (κ1) is 20.8. The highest BCUT2D eigenvalue weighted by molar-refractivity contribution is 7.88. The molecule has 168 valence electrons. The van der Waals surface area contributed by atoms with Crippen molar-refractivity contribution in [2.75, 3.05) is 24.7 Å². The van der Waals surface area contributed by atoms with Crippen molar-refractivity contribution in [2.24, 2.45) is 11.3 Å². The van der Waals surface area contributed by atoms with E-state index in [4.69, 9.17) is 0 Å². The van der Waals surface area contributed by atoms with Crippen LogP contribution in [0.5, 0.6) is 0 Å². The van der Waals surface area contributed by atoms with Gasteiger partial charge in [0.2, 0.25) is 16.0 Å². The average molecular weight is 450 g/mol. The Morgan fingerprint density at radius 2 is 1.90 bits per heavy atom. The summed E-state index contributed by atoms with van der Waals surface area (Å²) in [6, 6.07) is 1.23. The molecule has 10 heteroatoms. The number of nitrogens with zero attached hydrogens (tertiary/aromatic N) is 4. The van der Waals surface area contributed by atoms with E-state index >= 15 is 0 Å². The molecule has 0 aromatic carbocycles. The van der Waals surface area contributed by atoms with Crippen molar-refractivity contribution in [3.63, 3.8) is 0 Å². The van der Waals surface area contributed by atoms with Crippen LogP contribution >= 0.6 is 0 Å². The summed E-state index contributed by atoms with van der Waals surface area (Å²) in [5.41, 5.74) is -0.0477. The van der Waals surface area contributed by atoms with Crippen molar-refractivity contribution in [3.05, 3.63) is 28.4 Å². The molecule has 5 rings (SSSR count). The van der Waals surface area contributed by atoms with Crippen molar-refractivity contribution in [3.8, 4) is 0 Å². The van der Waals surface area contributed by atoms with E-state index in [-0.39, 0.29) is 17.5 Å². The highest BCUT2D eigenvalue weighted by atomic mass is 32.2. The van der Waals surface area contributed by atoms with Crippen molar-refractivity contribution < 1.29 is 12.8 Å². The van der Waals surface area contributed by atoms with Gasteiger partial charge in [-0.25, -0.2) is 22.1 Å². The van der Waals surface area contributed by atoms with Gasteiger partial charge >= 0.3 is 0 Å². The Kier molecular flexibility index (Phi) is 4.85. The smallest absolute Gasteiger partial charge is 0.288 e. The molecule has 2 aromatic heterocycles. The maximum absolute atomic E-state index is 14.5. The molecule has 1 aliphatic heterocycles. The van der Waals surface area contributed by atoms with E-state index in [1.165, 1.54) is 16.6 Å². The molecule has 8 nitrogen and oxygen atoms in total. The lowest BCUT2D eigenvalue weighted by Gasteiger charge is -2.30. The fraction of sp³-hybridized carbons (Fsp3) is 0.667. The van der Waals surface area contributed by atoms with Gasteiger partial charge in [0.1, 0.15) is 5.65 Å². The van der Waals surface area contributed by atoms with Crippen LogP contribution in [0.2, 0.25) is 0 Å². The molecule has 0 bridgehead atoms. The van der Waals surface area contributed by atoms with Crippen LogP contribution in [-0.4, -0.2) is 52.6 Å². The van der Waals surface area contributed by atoms with Gasteiger partial charge in [-0.05, 0) is 55.9 Å². The molecule has 0 radical (unpaired) electrons. The quantitative estimate of drug-likeness (QED) is 0.770. The van der Waals surface area contributed by atoms with Crippen molar-refractivity contribution in [1.82, 2.24) is 18.8 Å². The summed E-state index contributed by atoms with van der Waals surface area (Å²) >= 11 is 0. The van der Waals surface area contributed by atoms with E-state index in [1.54, 1.807) is 10.8 Å². The highest BCUT2D eigenvalue weighted by Gasteiger charge is 2.57. The molecule has 3 heterocycles. The SMILES string of the molecule is CC1CC[C@@H](n2c(=O)c(F)cc3cnc(NC4CCN(S(C)(=O)=O)CC4)nc32)C12CC2. The second kappa shape index (κ2) is 7.23. The molecular weight excluding hydrogens is 421 g/mol. The minimum absolute atomic E-state index is 0.0334.